The van der Waals surface area contributed by atoms with E-state index in [9.17, 15) is 9.59 Å². The molecule has 0 atom stereocenters. The van der Waals surface area contributed by atoms with Gasteiger partial charge in [0.1, 0.15) is 12.4 Å². The van der Waals surface area contributed by atoms with Gasteiger partial charge >= 0.3 is 0 Å². The van der Waals surface area contributed by atoms with E-state index < -0.39 is 11.3 Å². The number of rotatable bonds is 6. The minimum absolute atomic E-state index is 0.122. The lowest BCUT2D eigenvalue weighted by Gasteiger charge is -2.18. The van der Waals surface area contributed by atoms with Crippen molar-refractivity contribution >= 4 is 17.5 Å². The molecule has 1 amide bonds. The molecule has 6 nitrogen and oxygen atoms in total. The molecule has 1 heterocycles. The Hall–Kier alpha value is -3.12. The van der Waals surface area contributed by atoms with Gasteiger partial charge < -0.3 is 9.64 Å². The lowest BCUT2D eigenvalue weighted by molar-refractivity contribution is 0.0764. The topological polar surface area (TPSA) is 64.4 Å². The highest BCUT2D eigenvalue weighted by molar-refractivity contribution is 6.30. The number of aromatic nitrogens is 2. The average Bonchev–Trinajstić information content (AvgIpc) is 2.69. The number of halogens is 1. The normalized spacial score (nSPS) is 10.5. The Morgan fingerprint density at radius 3 is 2.50 bits per heavy atom. The smallest absolute Gasteiger partial charge is 0.278 e. The molecular formula is C21H20ClN3O3. The molecule has 0 aliphatic heterocycles. The Bertz CT molecular complexity index is 1020. The number of likely N-dealkylation sites (N-methyl/N-ethyl adjacent to an activating group) is 1. The molecule has 0 radical (unpaired) electrons. The van der Waals surface area contributed by atoms with Crippen LogP contribution in [-0.2, 0) is 0 Å². The molecule has 28 heavy (non-hydrogen) atoms. The Balaban J connectivity index is 1.72. The number of carbonyl (C=O) groups is 1. The maximum absolute atomic E-state index is 12.7. The summed E-state index contributed by atoms with van der Waals surface area (Å²) in [5.41, 5.74) is 0.910. The highest BCUT2D eigenvalue weighted by Gasteiger charge is 2.19. The molecule has 0 aliphatic rings. The maximum atomic E-state index is 12.7. The highest BCUT2D eigenvalue weighted by atomic mass is 35.5. The van der Waals surface area contributed by atoms with Gasteiger partial charge in [0.15, 0.2) is 5.69 Å². The van der Waals surface area contributed by atoms with Crippen molar-refractivity contribution in [3.05, 3.63) is 87.3 Å². The van der Waals surface area contributed by atoms with E-state index in [-0.39, 0.29) is 12.3 Å². The summed E-state index contributed by atoms with van der Waals surface area (Å²) in [7, 11) is 1.61. The van der Waals surface area contributed by atoms with Gasteiger partial charge in [-0.05, 0) is 43.3 Å². The summed E-state index contributed by atoms with van der Waals surface area (Å²) < 4.78 is 7.19. The second kappa shape index (κ2) is 8.71. The van der Waals surface area contributed by atoms with Crippen LogP contribution in [0.4, 0.5) is 0 Å². The number of carbonyl (C=O) groups excluding carboxylic acids is 1. The van der Waals surface area contributed by atoms with Crippen molar-refractivity contribution in [2.75, 3.05) is 20.2 Å². The summed E-state index contributed by atoms with van der Waals surface area (Å²) in [6.07, 6.45) is 0. The van der Waals surface area contributed by atoms with Crippen LogP contribution in [0.2, 0.25) is 5.02 Å². The zero-order valence-corrected chi connectivity index (χ0v) is 16.4. The van der Waals surface area contributed by atoms with E-state index in [1.165, 1.54) is 11.0 Å². The second-order valence-corrected chi connectivity index (χ2v) is 6.71. The molecule has 0 N–H and O–H groups in total. The Kier molecular flexibility index (Phi) is 6.11. The molecule has 0 spiro atoms. The van der Waals surface area contributed by atoms with E-state index >= 15 is 0 Å². The fourth-order valence-electron chi connectivity index (χ4n) is 2.64. The first-order chi connectivity index (χ1) is 13.5. The van der Waals surface area contributed by atoms with E-state index in [4.69, 9.17) is 16.3 Å². The summed E-state index contributed by atoms with van der Waals surface area (Å²) >= 11 is 5.84. The summed E-state index contributed by atoms with van der Waals surface area (Å²) in [6, 6.07) is 17.8. The predicted octanol–water partition coefficient (Wildman–Crippen LogP) is 3.35. The highest BCUT2D eigenvalue weighted by Crippen LogP contribution is 2.15. The number of hydrogen-bond donors (Lipinski definition) is 0. The van der Waals surface area contributed by atoms with Crippen molar-refractivity contribution in [3.63, 3.8) is 0 Å². The van der Waals surface area contributed by atoms with Gasteiger partial charge in [0, 0.05) is 23.8 Å². The van der Waals surface area contributed by atoms with Crippen molar-refractivity contribution in [1.29, 1.82) is 0 Å². The lowest BCUT2D eigenvalue weighted by atomic mass is 10.2. The summed E-state index contributed by atoms with van der Waals surface area (Å²) in [4.78, 5) is 26.5. The molecule has 144 valence electrons. The minimum Gasteiger partial charge on any atom is -0.492 e. The first-order valence-corrected chi connectivity index (χ1v) is 9.14. The van der Waals surface area contributed by atoms with Crippen LogP contribution >= 0.6 is 11.6 Å². The van der Waals surface area contributed by atoms with Gasteiger partial charge in [-0.15, -0.1) is 0 Å². The van der Waals surface area contributed by atoms with Crippen molar-refractivity contribution in [1.82, 2.24) is 14.7 Å². The first kappa shape index (κ1) is 19.6. The number of nitrogens with zero attached hydrogens (tertiary/aromatic N) is 3. The van der Waals surface area contributed by atoms with Gasteiger partial charge in [0.2, 0.25) is 5.43 Å². The molecule has 0 bridgehead atoms. The third kappa shape index (κ3) is 4.58. The molecule has 0 fully saturated rings. The number of ether oxygens (including phenoxy) is 1. The number of aryl methyl sites for hydroxylation is 1. The molecular weight excluding hydrogens is 378 g/mol. The van der Waals surface area contributed by atoms with Crippen LogP contribution in [0.5, 0.6) is 5.75 Å². The quantitative estimate of drug-likeness (QED) is 0.640. The molecule has 0 unspecified atom stereocenters. The van der Waals surface area contributed by atoms with Crippen molar-refractivity contribution in [2.45, 2.75) is 6.92 Å². The van der Waals surface area contributed by atoms with E-state index in [0.29, 0.717) is 23.0 Å². The van der Waals surface area contributed by atoms with Crippen LogP contribution in [0.3, 0.4) is 0 Å². The lowest BCUT2D eigenvalue weighted by Crippen LogP contribution is -2.36. The van der Waals surface area contributed by atoms with E-state index in [0.717, 1.165) is 5.69 Å². The van der Waals surface area contributed by atoms with Crippen molar-refractivity contribution in [3.8, 4) is 11.4 Å². The van der Waals surface area contributed by atoms with Crippen molar-refractivity contribution in [2.24, 2.45) is 0 Å². The summed E-state index contributed by atoms with van der Waals surface area (Å²) in [6.45, 7) is 2.36. The largest absolute Gasteiger partial charge is 0.492 e. The third-order valence-corrected chi connectivity index (χ3v) is 4.42. The van der Waals surface area contributed by atoms with Gasteiger partial charge in [-0.1, -0.05) is 29.8 Å². The van der Waals surface area contributed by atoms with Gasteiger partial charge in [0.25, 0.3) is 5.91 Å². The molecule has 0 saturated heterocycles. The standard InChI is InChI=1S/C21H20ClN3O3/c1-15-14-19(26)20(23-25(15)17-6-4-3-5-7-17)21(27)24(2)12-13-28-18-10-8-16(22)9-11-18/h3-11,14H,12-13H2,1-2H3. The number of amides is 1. The molecule has 7 heteroatoms. The van der Waals surface area contributed by atoms with Crippen LogP contribution in [0, 0.1) is 6.92 Å². The van der Waals surface area contributed by atoms with E-state index in [1.54, 1.807) is 42.9 Å². The molecule has 2 aromatic carbocycles. The van der Waals surface area contributed by atoms with Gasteiger partial charge in [-0.25, -0.2) is 4.68 Å². The van der Waals surface area contributed by atoms with Crippen LogP contribution in [-0.4, -0.2) is 40.8 Å². The number of hydrogen-bond acceptors (Lipinski definition) is 4. The fraction of sp³-hybridized carbons (Fsp3) is 0.190. The molecule has 0 saturated carbocycles. The molecule has 1 aromatic heterocycles. The Labute approximate surface area is 167 Å². The average molecular weight is 398 g/mol. The zero-order valence-electron chi connectivity index (χ0n) is 15.6. The van der Waals surface area contributed by atoms with Crippen LogP contribution in [0.1, 0.15) is 16.2 Å². The molecule has 3 rings (SSSR count). The zero-order chi connectivity index (χ0) is 20.1. The number of benzene rings is 2. The van der Waals surface area contributed by atoms with E-state index in [1.807, 2.05) is 30.3 Å². The van der Waals surface area contributed by atoms with Gasteiger partial charge in [-0.2, -0.15) is 5.10 Å². The SMILES string of the molecule is Cc1cc(=O)c(C(=O)N(C)CCOc2ccc(Cl)cc2)nn1-c1ccccc1. The first-order valence-electron chi connectivity index (χ1n) is 8.76. The predicted molar refractivity (Wildman–Crippen MR) is 108 cm³/mol. The summed E-state index contributed by atoms with van der Waals surface area (Å²) in [5, 5.41) is 4.92. The van der Waals surface area contributed by atoms with Crippen molar-refractivity contribution < 1.29 is 9.53 Å². The van der Waals surface area contributed by atoms with Crippen LogP contribution in [0.15, 0.2) is 65.5 Å². The second-order valence-electron chi connectivity index (χ2n) is 6.28. The van der Waals surface area contributed by atoms with E-state index in [2.05, 4.69) is 5.10 Å². The summed E-state index contributed by atoms with van der Waals surface area (Å²) in [5.74, 6) is 0.208. The third-order valence-electron chi connectivity index (χ3n) is 4.17. The molecule has 3 aromatic rings. The van der Waals surface area contributed by atoms with Crippen LogP contribution in [0.25, 0.3) is 5.69 Å². The fourth-order valence-corrected chi connectivity index (χ4v) is 2.77. The minimum atomic E-state index is -0.450. The maximum Gasteiger partial charge on any atom is 0.278 e. The molecule has 0 aliphatic carbocycles. The monoisotopic (exact) mass is 397 g/mol. The van der Waals surface area contributed by atoms with Crippen LogP contribution < -0.4 is 10.2 Å². The Morgan fingerprint density at radius 1 is 1.14 bits per heavy atom. The number of para-hydroxylation sites is 1. The Morgan fingerprint density at radius 2 is 1.82 bits per heavy atom. The van der Waals surface area contributed by atoms with Gasteiger partial charge in [-0.3, -0.25) is 9.59 Å². The van der Waals surface area contributed by atoms with Gasteiger partial charge in [0.05, 0.1) is 12.2 Å².